The quantitative estimate of drug-likeness (QED) is 0.834. The van der Waals surface area contributed by atoms with Gasteiger partial charge in [0.15, 0.2) is 0 Å². The van der Waals surface area contributed by atoms with Crippen LogP contribution in [0.2, 0.25) is 0 Å². The molecule has 4 nitrogen and oxygen atoms in total. The molecule has 142 valence electrons. The largest absolute Gasteiger partial charge is 0.356 e. The van der Waals surface area contributed by atoms with E-state index in [0.717, 1.165) is 46.9 Å². The molecule has 1 fully saturated rings. The molecule has 3 heterocycles. The first-order valence-electron chi connectivity index (χ1n) is 9.55. The zero-order chi connectivity index (χ0) is 19.7. The lowest BCUT2D eigenvalue weighted by Crippen LogP contribution is -2.46. The van der Waals surface area contributed by atoms with Gasteiger partial charge in [0.05, 0.1) is 12.4 Å². The number of nitrogens with zero attached hydrogens (tertiary/aromatic N) is 2. The van der Waals surface area contributed by atoms with E-state index in [4.69, 9.17) is 0 Å². The van der Waals surface area contributed by atoms with Crippen LogP contribution in [0.3, 0.4) is 0 Å². The van der Waals surface area contributed by atoms with Crippen LogP contribution in [0, 0.1) is 0 Å². The van der Waals surface area contributed by atoms with Gasteiger partial charge in [0, 0.05) is 30.4 Å². The molecule has 1 aromatic rings. The highest BCUT2D eigenvalue weighted by atomic mass is 15.3. The predicted octanol–water partition coefficient (Wildman–Crippen LogP) is 4.21. The number of hydrogen-bond acceptors (Lipinski definition) is 4. The van der Waals surface area contributed by atoms with E-state index in [-0.39, 0.29) is 0 Å². The van der Waals surface area contributed by atoms with E-state index in [2.05, 4.69) is 95.9 Å². The molecular weight excluding hydrogens is 344 g/mol. The minimum Gasteiger partial charge on any atom is -0.356 e. The van der Waals surface area contributed by atoms with Gasteiger partial charge in [0.25, 0.3) is 0 Å². The Morgan fingerprint density at radius 1 is 1.25 bits per heavy atom. The number of allylic oxidation sites excluding steroid dienone is 4. The van der Waals surface area contributed by atoms with Crippen LogP contribution >= 0.6 is 0 Å². The van der Waals surface area contributed by atoms with E-state index in [1.807, 2.05) is 6.21 Å². The number of rotatable bonds is 4. The summed E-state index contributed by atoms with van der Waals surface area (Å²) in [6.45, 7) is 16.3. The summed E-state index contributed by atoms with van der Waals surface area (Å²) >= 11 is 0. The Hall–Kier alpha value is -3.27. The topological polar surface area (TPSA) is 39.7 Å². The highest BCUT2D eigenvalue weighted by Crippen LogP contribution is 2.37. The minimum atomic E-state index is -0.510. The maximum atomic E-state index is 4.43. The maximum Gasteiger partial charge on any atom is 0.122 e. The van der Waals surface area contributed by atoms with Gasteiger partial charge >= 0.3 is 0 Å². The molecule has 0 bridgehead atoms. The SMILES string of the molecule is C=C1NC(=C)C(CN2C=CC=C(C)C2=C)(c2cccc(C3=CCCN=C3)c2)N1. The second kappa shape index (κ2) is 7.04. The Morgan fingerprint density at radius 2 is 2.11 bits per heavy atom. The minimum absolute atomic E-state index is 0.510. The molecule has 1 unspecified atom stereocenters. The van der Waals surface area contributed by atoms with Crippen molar-refractivity contribution in [3.8, 4) is 0 Å². The Bertz CT molecular complexity index is 976. The molecule has 0 saturated carbocycles. The first-order valence-corrected chi connectivity index (χ1v) is 9.55. The van der Waals surface area contributed by atoms with Crippen molar-refractivity contribution in [2.75, 3.05) is 13.1 Å². The fourth-order valence-corrected chi connectivity index (χ4v) is 3.90. The van der Waals surface area contributed by atoms with Gasteiger partial charge < -0.3 is 15.5 Å². The van der Waals surface area contributed by atoms with E-state index in [1.54, 1.807) is 0 Å². The second-order valence-corrected chi connectivity index (χ2v) is 7.44. The Balaban J connectivity index is 1.74. The maximum absolute atomic E-state index is 4.43. The molecule has 3 aliphatic rings. The molecule has 0 aromatic heterocycles. The van der Waals surface area contributed by atoms with Gasteiger partial charge in [0.2, 0.25) is 0 Å². The first kappa shape index (κ1) is 18.1. The van der Waals surface area contributed by atoms with E-state index >= 15 is 0 Å². The van der Waals surface area contributed by atoms with Crippen LogP contribution in [0.5, 0.6) is 0 Å². The molecule has 0 amide bonds. The van der Waals surface area contributed by atoms with Crippen molar-refractivity contribution in [1.82, 2.24) is 15.5 Å². The second-order valence-electron chi connectivity index (χ2n) is 7.44. The monoisotopic (exact) mass is 370 g/mol. The van der Waals surface area contributed by atoms with Gasteiger partial charge in [-0.2, -0.15) is 0 Å². The highest BCUT2D eigenvalue weighted by Gasteiger charge is 2.42. The average molecular weight is 371 g/mol. The third kappa shape index (κ3) is 3.11. The third-order valence-corrected chi connectivity index (χ3v) is 5.54. The van der Waals surface area contributed by atoms with Gasteiger partial charge in [-0.15, -0.1) is 0 Å². The van der Waals surface area contributed by atoms with E-state index in [9.17, 15) is 0 Å². The van der Waals surface area contributed by atoms with Gasteiger partial charge in [-0.3, -0.25) is 4.99 Å². The van der Waals surface area contributed by atoms with Gasteiger partial charge in [-0.05, 0) is 47.8 Å². The Morgan fingerprint density at radius 3 is 2.82 bits per heavy atom. The van der Waals surface area contributed by atoms with E-state index < -0.39 is 5.54 Å². The summed E-state index contributed by atoms with van der Waals surface area (Å²) in [6.07, 6.45) is 11.4. The van der Waals surface area contributed by atoms with E-state index in [1.165, 1.54) is 5.57 Å². The molecule has 2 N–H and O–H groups in total. The molecular formula is C24H26N4. The molecule has 3 aliphatic heterocycles. The van der Waals surface area contributed by atoms with Crippen LogP contribution in [0.1, 0.15) is 24.5 Å². The summed E-state index contributed by atoms with van der Waals surface area (Å²) in [5.41, 5.74) is 5.99. The summed E-state index contributed by atoms with van der Waals surface area (Å²) in [6, 6.07) is 8.59. The fraction of sp³-hybridized carbons (Fsp3) is 0.208. The van der Waals surface area contributed by atoms with Crippen LogP contribution in [0.15, 0.2) is 96.2 Å². The zero-order valence-electron chi connectivity index (χ0n) is 16.3. The number of nitrogens with one attached hydrogen (secondary N) is 2. The Kier molecular flexibility index (Phi) is 4.55. The van der Waals surface area contributed by atoms with Crippen LogP contribution in [0.25, 0.3) is 5.57 Å². The first-order chi connectivity index (χ1) is 13.5. The van der Waals surface area contributed by atoms with Crippen LogP contribution in [-0.2, 0) is 5.54 Å². The smallest absolute Gasteiger partial charge is 0.122 e. The lowest BCUT2D eigenvalue weighted by atomic mass is 9.85. The third-order valence-electron chi connectivity index (χ3n) is 5.54. The molecule has 1 saturated heterocycles. The molecule has 0 spiro atoms. The van der Waals surface area contributed by atoms with Crippen molar-refractivity contribution in [1.29, 1.82) is 0 Å². The predicted molar refractivity (Wildman–Crippen MR) is 117 cm³/mol. The highest BCUT2D eigenvalue weighted by molar-refractivity contribution is 6.10. The van der Waals surface area contributed by atoms with Crippen molar-refractivity contribution in [3.63, 3.8) is 0 Å². The lowest BCUT2D eigenvalue weighted by molar-refractivity contribution is 0.334. The zero-order valence-corrected chi connectivity index (χ0v) is 16.3. The summed E-state index contributed by atoms with van der Waals surface area (Å²) in [5.74, 6) is 0.757. The number of benzene rings is 1. The number of aliphatic imine (C=N–C) groups is 1. The lowest BCUT2D eigenvalue weighted by Gasteiger charge is -2.37. The molecule has 28 heavy (non-hydrogen) atoms. The van der Waals surface area contributed by atoms with Crippen molar-refractivity contribution >= 4 is 11.8 Å². The molecule has 0 radical (unpaired) electrons. The molecule has 4 rings (SSSR count). The van der Waals surface area contributed by atoms with Crippen LogP contribution < -0.4 is 10.6 Å². The fourth-order valence-electron chi connectivity index (χ4n) is 3.90. The number of dihydropyridines is 1. The van der Waals surface area contributed by atoms with Crippen molar-refractivity contribution in [3.05, 3.63) is 102 Å². The van der Waals surface area contributed by atoms with Crippen molar-refractivity contribution in [2.24, 2.45) is 4.99 Å². The van der Waals surface area contributed by atoms with Crippen molar-refractivity contribution in [2.45, 2.75) is 18.9 Å². The summed E-state index contributed by atoms with van der Waals surface area (Å²) in [7, 11) is 0. The van der Waals surface area contributed by atoms with Gasteiger partial charge in [-0.1, -0.05) is 50.1 Å². The van der Waals surface area contributed by atoms with E-state index in [0.29, 0.717) is 6.54 Å². The Labute approximate surface area is 167 Å². The standard InChI is InChI=1S/C24H26N4/c1-17-8-7-13-28(18(17)2)16-24(19(3)26-20(4)27-24)23-11-5-9-21(14-23)22-10-6-12-25-15-22/h5,7-11,13-15,26-27H,2-4,6,12,16H2,1H3. The number of hydrogen-bond donors (Lipinski definition) is 2. The molecule has 1 atom stereocenters. The van der Waals surface area contributed by atoms with Crippen molar-refractivity contribution < 1.29 is 0 Å². The average Bonchev–Trinajstić information content (AvgIpc) is 3.00. The molecule has 1 aromatic carbocycles. The molecule has 4 heteroatoms. The van der Waals surface area contributed by atoms with Gasteiger partial charge in [0.1, 0.15) is 5.54 Å². The van der Waals surface area contributed by atoms with Crippen LogP contribution in [0.4, 0.5) is 0 Å². The van der Waals surface area contributed by atoms with Gasteiger partial charge in [-0.25, -0.2) is 0 Å². The summed E-state index contributed by atoms with van der Waals surface area (Å²) < 4.78 is 0. The molecule has 0 aliphatic carbocycles. The summed E-state index contributed by atoms with van der Waals surface area (Å²) in [4.78, 5) is 6.60. The normalized spacial score (nSPS) is 24.0. The van der Waals surface area contributed by atoms with Crippen LogP contribution in [-0.4, -0.2) is 24.2 Å². The summed E-state index contributed by atoms with van der Waals surface area (Å²) in [5, 5.41) is 6.84.